The summed E-state index contributed by atoms with van der Waals surface area (Å²) in [6.07, 6.45) is 4.04. The van der Waals surface area contributed by atoms with Gasteiger partial charge in [-0.3, -0.25) is 9.69 Å². The highest BCUT2D eigenvalue weighted by Crippen LogP contribution is 2.21. The minimum atomic E-state index is -0.0859. The van der Waals surface area contributed by atoms with Gasteiger partial charge in [0, 0.05) is 31.5 Å². The minimum absolute atomic E-state index is 0.0859. The highest BCUT2D eigenvalue weighted by Gasteiger charge is 2.22. The lowest BCUT2D eigenvalue weighted by molar-refractivity contribution is 0.0947. The number of hydrogen-bond donors (Lipinski definition) is 1. The second-order valence-corrected chi connectivity index (χ2v) is 7.44. The second kappa shape index (κ2) is 7.92. The Hall–Kier alpha value is -2.66. The summed E-state index contributed by atoms with van der Waals surface area (Å²) >= 11 is 0. The molecule has 3 aromatic rings. The van der Waals surface area contributed by atoms with E-state index in [9.17, 15) is 4.79 Å². The van der Waals surface area contributed by atoms with E-state index < -0.39 is 0 Å². The van der Waals surface area contributed by atoms with E-state index in [1.54, 1.807) is 0 Å². The monoisotopic (exact) mass is 362 g/mol. The molecular weight excluding hydrogens is 336 g/mol. The second-order valence-electron chi connectivity index (χ2n) is 7.44. The molecule has 27 heavy (non-hydrogen) atoms. The molecule has 5 nitrogen and oxygen atoms in total. The Labute approximate surface area is 160 Å². The molecule has 1 N–H and O–H groups in total. The largest absolute Gasteiger partial charge is 0.351 e. The fourth-order valence-corrected chi connectivity index (χ4v) is 3.87. The van der Waals surface area contributed by atoms with Crippen molar-refractivity contribution in [2.45, 2.75) is 26.3 Å². The lowest BCUT2D eigenvalue weighted by Gasteiger charge is -2.16. The molecular formula is C22H26N4O. The molecule has 0 aliphatic carbocycles. The van der Waals surface area contributed by atoms with Crippen molar-refractivity contribution in [2.75, 3.05) is 19.6 Å². The van der Waals surface area contributed by atoms with E-state index >= 15 is 0 Å². The van der Waals surface area contributed by atoms with Gasteiger partial charge in [-0.05, 0) is 49.9 Å². The maximum atomic E-state index is 12.4. The molecule has 4 rings (SSSR count). The van der Waals surface area contributed by atoms with Crippen LogP contribution in [0.4, 0.5) is 0 Å². The number of nitrogens with one attached hydrogen (secondary N) is 1. The Morgan fingerprint density at radius 1 is 1.19 bits per heavy atom. The number of carbonyl (C=O) groups excluding carboxylic acids is 1. The minimum Gasteiger partial charge on any atom is -0.351 e. The van der Waals surface area contributed by atoms with Crippen LogP contribution in [0.3, 0.4) is 0 Å². The summed E-state index contributed by atoms with van der Waals surface area (Å²) < 4.78 is 1.95. The molecule has 3 heterocycles. The number of amides is 1. The molecule has 140 valence electrons. The maximum absolute atomic E-state index is 12.4. The van der Waals surface area contributed by atoms with Crippen molar-refractivity contribution in [2.24, 2.45) is 5.92 Å². The zero-order chi connectivity index (χ0) is 18.6. The van der Waals surface area contributed by atoms with Crippen LogP contribution < -0.4 is 5.32 Å². The van der Waals surface area contributed by atoms with E-state index in [1.807, 2.05) is 35.7 Å². The van der Waals surface area contributed by atoms with Crippen molar-refractivity contribution in [1.82, 2.24) is 19.6 Å². The van der Waals surface area contributed by atoms with Crippen molar-refractivity contribution in [3.05, 3.63) is 71.7 Å². The van der Waals surface area contributed by atoms with Crippen LogP contribution in [0, 0.1) is 12.8 Å². The molecule has 2 aromatic heterocycles. The van der Waals surface area contributed by atoms with E-state index in [1.165, 1.54) is 12.0 Å². The molecule has 0 bridgehead atoms. The van der Waals surface area contributed by atoms with Gasteiger partial charge in [-0.1, -0.05) is 36.4 Å². The summed E-state index contributed by atoms with van der Waals surface area (Å²) in [5.41, 5.74) is 3.74. The number of fused-ring (bicyclic) bond motifs is 1. The van der Waals surface area contributed by atoms with Gasteiger partial charge in [-0.25, -0.2) is 4.98 Å². The van der Waals surface area contributed by atoms with Crippen molar-refractivity contribution < 1.29 is 4.79 Å². The van der Waals surface area contributed by atoms with Gasteiger partial charge in [-0.2, -0.15) is 0 Å². The van der Waals surface area contributed by atoms with Crippen LogP contribution in [0.1, 0.15) is 34.6 Å². The number of carbonyl (C=O) groups is 1. The third-order valence-electron chi connectivity index (χ3n) is 5.39. The van der Waals surface area contributed by atoms with Crippen LogP contribution in [0.5, 0.6) is 0 Å². The maximum Gasteiger partial charge on any atom is 0.271 e. The van der Waals surface area contributed by atoms with E-state index in [0.717, 1.165) is 37.4 Å². The van der Waals surface area contributed by atoms with Crippen molar-refractivity contribution in [1.29, 1.82) is 0 Å². The first-order chi connectivity index (χ1) is 13.2. The summed E-state index contributed by atoms with van der Waals surface area (Å²) in [5, 5.41) is 3.04. The predicted molar refractivity (Wildman–Crippen MR) is 107 cm³/mol. The number of benzene rings is 1. The van der Waals surface area contributed by atoms with Gasteiger partial charge in [0.15, 0.2) is 0 Å². The van der Waals surface area contributed by atoms with E-state index in [0.29, 0.717) is 18.2 Å². The SMILES string of the molecule is Cc1cccc2nc(C(=O)NCC[C@H]3CCN(Cc4ccccc4)C3)cn12. The third kappa shape index (κ3) is 4.19. The third-order valence-corrected chi connectivity index (χ3v) is 5.39. The zero-order valence-corrected chi connectivity index (χ0v) is 15.8. The van der Waals surface area contributed by atoms with E-state index in [-0.39, 0.29) is 5.91 Å². The van der Waals surface area contributed by atoms with Crippen molar-refractivity contribution in [3.63, 3.8) is 0 Å². The fraction of sp³-hybridized carbons (Fsp3) is 0.364. The van der Waals surface area contributed by atoms with E-state index in [4.69, 9.17) is 0 Å². The first-order valence-corrected chi connectivity index (χ1v) is 9.68. The van der Waals surface area contributed by atoms with Gasteiger partial charge in [0.05, 0.1) is 0 Å². The van der Waals surface area contributed by atoms with Gasteiger partial charge in [0.2, 0.25) is 0 Å². The molecule has 1 fully saturated rings. The van der Waals surface area contributed by atoms with Gasteiger partial charge in [0.1, 0.15) is 11.3 Å². The Morgan fingerprint density at radius 2 is 2.04 bits per heavy atom. The Balaban J connectivity index is 1.25. The van der Waals surface area contributed by atoms with Crippen LogP contribution in [-0.2, 0) is 6.54 Å². The lowest BCUT2D eigenvalue weighted by atomic mass is 10.1. The molecule has 1 aliphatic heterocycles. The fourth-order valence-electron chi connectivity index (χ4n) is 3.87. The quantitative estimate of drug-likeness (QED) is 0.732. The van der Waals surface area contributed by atoms with Crippen LogP contribution in [0.15, 0.2) is 54.7 Å². The topological polar surface area (TPSA) is 49.6 Å². The summed E-state index contributed by atoms with van der Waals surface area (Å²) in [6.45, 7) is 5.98. The molecule has 1 amide bonds. The number of pyridine rings is 1. The van der Waals surface area contributed by atoms with Crippen LogP contribution >= 0.6 is 0 Å². The van der Waals surface area contributed by atoms with Crippen molar-refractivity contribution >= 4 is 11.6 Å². The molecule has 0 unspecified atom stereocenters. The molecule has 5 heteroatoms. The predicted octanol–water partition coefficient (Wildman–Crippen LogP) is 3.28. The summed E-state index contributed by atoms with van der Waals surface area (Å²) in [5.74, 6) is 0.564. The number of imidazole rings is 1. The average molecular weight is 362 g/mol. The van der Waals surface area contributed by atoms with E-state index in [2.05, 4.69) is 45.5 Å². The average Bonchev–Trinajstić information content (AvgIpc) is 3.30. The number of nitrogens with zero attached hydrogens (tertiary/aromatic N) is 3. The zero-order valence-electron chi connectivity index (χ0n) is 15.8. The lowest BCUT2D eigenvalue weighted by Crippen LogP contribution is -2.27. The first-order valence-electron chi connectivity index (χ1n) is 9.68. The van der Waals surface area contributed by atoms with Crippen LogP contribution in [0.25, 0.3) is 5.65 Å². The molecule has 0 saturated carbocycles. The smallest absolute Gasteiger partial charge is 0.271 e. The Kier molecular flexibility index (Phi) is 5.21. The molecule has 1 atom stereocenters. The molecule has 1 saturated heterocycles. The number of rotatable bonds is 6. The first kappa shape index (κ1) is 17.7. The molecule has 1 aliphatic rings. The Bertz CT molecular complexity index is 918. The van der Waals surface area contributed by atoms with Crippen molar-refractivity contribution in [3.8, 4) is 0 Å². The molecule has 0 spiro atoms. The number of aromatic nitrogens is 2. The normalized spacial score (nSPS) is 17.4. The van der Waals surface area contributed by atoms with Gasteiger partial charge in [-0.15, -0.1) is 0 Å². The van der Waals surface area contributed by atoms with Gasteiger partial charge in [0.25, 0.3) is 5.91 Å². The summed E-state index contributed by atoms with van der Waals surface area (Å²) in [6, 6.07) is 16.5. The molecule has 0 radical (unpaired) electrons. The highest BCUT2D eigenvalue weighted by molar-refractivity contribution is 5.92. The van der Waals surface area contributed by atoms with Crippen LogP contribution in [0.2, 0.25) is 0 Å². The number of hydrogen-bond acceptors (Lipinski definition) is 3. The summed E-state index contributed by atoms with van der Waals surface area (Å²) in [7, 11) is 0. The number of likely N-dealkylation sites (tertiary alicyclic amines) is 1. The summed E-state index contributed by atoms with van der Waals surface area (Å²) in [4.78, 5) is 19.3. The number of aryl methyl sites for hydroxylation is 1. The van der Waals surface area contributed by atoms with Crippen LogP contribution in [-0.4, -0.2) is 39.8 Å². The van der Waals surface area contributed by atoms with Gasteiger partial charge < -0.3 is 9.72 Å². The standard InChI is InChI=1S/C22H26N4O/c1-17-6-5-9-21-24-20(16-26(17)21)22(27)23-12-10-19-11-13-25(15-19)14-18-7-3-2-4-8-18/h2-9,16,19H,10-15H2,1H3,(H,23,27)/t19-/m0/s1. The Morgan fingerprint density at radius 3 is 2.85 bits per heavy atom. The molecule has 1 aromatic carbocycles. The van der Waals surface area contributed by atoms with Gasteiger partial charge >= 0.3 is 0 Å². The highest BCUT2D eigenvalue weighted by atomic mass is 16.1.